The summed E-state index contributed by atoms with van der Waals surface area (Å²) in [7, 11) is 0. The number of fused-ring (bicyclic) bond motifs is 2. The van der Waals surface area contributed by atoms with Crippen LogP contribution in [0.3, 0.4) is 0 Å². The quantitative estimate of drug-likeness (QED) is 0.554. The molecule has 7 heteroatoms. The molecule has 0 spiro atoms. The molecule has 1 amide bonds. The molecular formula is C15H12N4O3. The molecule has 1 aromatic carbocycles. The first-order valence-corrected chi connectivity index (χ1v) is 6.77. The minimum absolute atomic E-state index is 0.459. The van der Waals surface area contributed by atoms with Crippen molar-refractivity contribution in [1.29, 1.82) is 0 Å². The van der Waals surface area contributed by atoms with Gasteiger partial charge in [-0.2, -0.15) is 4.98 Å². The van der Waals surface area contributed by atoms with Crippen LogP contribution in [-0.4, -0.2) is 21.1 Å². The van der Waals surface area contributed by atoms with Gasteiger partial charge in [0.05, 0.1) is 6.20 Å². The average Bonchev–Trinajstić information content (AvgIpc) is 3.16. The van der Waals surface area contributed by atoms with Gasteiger partial charge in [-0.25, -0.2) is 5.48 Å². The molecule has 0 atom stereocenters. The number of aromatic nitrogens is 2. The fraction of sp³-hybridized carbons (Fsp3) is 0.133. The van der Waals surface area contributed by atoms with Crippen LogP contribution in [0.1, 0.15) is 21.5 Å². The van der Waals surface area contributed by atoms with Crippen molar-refractivity contribution in [3.05, 3.63) is 53.3 Å². The van der Waals surface area contributed by atoms with Gasteiger partial charge in [0.25, 0.3) is 11.9 Å². The zero-order valence-electron chi connectivity index (χ0n) is 11.5. The third-order valence-electron chi connectivity index (χ3n) is 3.78. The van der Waals surface area contributed by atoms with Crippen molar-refractivity contribution in [1.82, 2.24) is 15.4 Å². The van der Waals surface area contributed by atoms with Gasteiger partial charge in [-0.05, 0) is 17.2 Å². The highest BCUT2D eigenvalue weighted by atomic mass is 16.5. The van der Waals surface area contributed by atoms with Crippen LogP contribution in [0.4, 0.5) is 6.01 Å². The zero-order valence-corrected chi connectivity index (χ0v) is 11.5. The van der Waals surface area contributed by atoms with Crippen LogP contribution < -0.4 is 10.4 Å². The maximum absolute atomic E-state index is 11.7. The summed E-state index contributed by atoms with van der Waals surface area (Å²) < 4.78 is 5.73. The van der Waals surface area contributed by atoms with E-state index in [4.69, 9.17) is 9.62 Å². The van der Waals surface area contributed by atoms with Gasteiger partial charge in [0.1, 0.15) is 5.52 Å². The van der Waals surface area contributed by atoms with Gasteiger partial charge in [-0.3, -0.25) is 15.0 Å². The van der Waals surface area contributed by atoms with Crippen LogP contribution in [0.5, 0.6) is 0 Å². The van der Waals surface area contributed by atoms with E-state index in [1.54, 1.807) is 36.1 Å². The average molecular weight is 296 g/mol. The van der Waals surface area contributed by atoms with Gasteiger partial charge in [0.15, 0.2) is 5.58 Å². The van der Waals surface area contributed by atoms with Crippen LogP contribution in [0, 0.1) is 0 Å². The number of benzene rings is 1. The maximum atomic E-state index is 11.7. The van der Waals surface area contributed by atoms with Gasteiger partial charge >= 0.3 is 0 Å². The summed E-state index contributed by atoms with van der Waals surface area (Å²) in [6.07, 6.45) is 3.30. The molecule has 0 saturated heterocycles. The molecule has 22 heavy (non-hydrogen) atoms. The number of hydrogen-bond donors (Lipinski definition) is 2. The molecule has 2 aromatic heterocycles. The van der Waals surface area contributed by atoms with Crippen molar-refractivity contribution in [3.8, 4) is 0 Å². The Bertz CT molecular complexity index is 841. The van der Waals surface area contributed by atoms with E-state index in [2.05, 4.69) is 9.97 Å². The molecule has 0 aliphatic carbocycles. The molecule has 0 unspecified atom stereocenters. The Hall–Kier alpha value is -2.93. The second-order valence-electron chi connectivity index (χ2n) is 5.08. The summed E-state index contributed by atoms with van der Waals surface area (Å²) >= 11 is 0. The Labute approximate surface area is 125 Å². The van der Waals surface area contributed by atoms with E-state index in [0.29, 0.717) is 35.8 Å². The zero-order chi connectivity index (χ0) is 15.1. The number of rotatable bonds is 2. The van der Waals surface area contributed by atoms with Crippen LogP contribution in [0.2, 0.25) is 0 Å². The second kappa shape index (κ2) is 4.81. The molecule has 4 rings (SSSR count). The molecule has 1 aliphatic heterocycles. The molecule has 3 heterocycles. The molecule has 0 fully saturated rings. The first-order valence-electron chi connectivity index (χ1n) is 6.77. The lowest BCUT2D eigenvalue weighted by Gasteiger charge is -2.11. The first-order chi connectivity index (χ1) is 10.8. The topological polar surface area (TPSA) is 91.5 Å². The summed E-state index contributed by atoms with van der Waals surface area (Å²) in [4.78, 5) is 22.1. The van der Waals surface area contributed by atoms with E-state index in [-0.39, 0.29) is 0 Å². The maximum Gasteiger partial charge on any atom is 0.299 e. The highest BCUT2D eigenvalue weighted by Crippen LogP contribution is 2.31. The minimum atomic E-state index is -0.513. The first kappa shape index (κ1) is 12.8. The summed E-state index contributed by atoms with van der Waals surface area (Å²) in [5, 5.41) is 8.85. The van der Waals surface area contributed by atoms with Crippen molar-refractivity contribution in [2.75, 3.05) is 4.90 Å². The molecule has 1 aliphatic rings. The van der Waals surface area contributed by atoms with Crippen LogP contribution in [0.15, 0.2) is 41.1 Å². The molecule has 0 bridgehead atoms. The Kier molecular flexibility index (Phi) is 2.80. The highest BCUT2D eigenvalue weighted by Gasteiger charge is 2.27. The Balaban J connectivity index is 1.71. The molecule has 2 N–H and O–H groups in total. The lowest BCUT2D eigenvalue weighted by atomic mass is 10.0. The number of carbonyl (C=O) groups excluding carboxylic acids is 1. The lowest BCUT2D eigenvalue weighted by molar-refractivity contribution is 0.0705. The number of anilines is 1. The molecular weight excluding hydrogens is 284 g/mol. The molecule has 0 radical (unpaired) electrons. The predicted molar refractivity (Wildman–Crippen MR) is 77.4 cm³/mol. The Morgan fingerprint density at radius 3 is 3.05 bits per heavy atom. The summed E-state index contributed by atoms with van der Waals surface area (Å²) in [6.45, 7) is 1.10. The standard InChI is InChI=1S/C15H12N4O3/c20-14(18-21)10-3-1-2-9-7-19(8-11(9)10)15-17-12-6-16-5-4-13(12)22-15/h1-6,21H,7-8H2,(H,18,20). The normalized spacial score (nSPS) is 13.4. The summed E-state index contributed by atoms with van der Waals surface area (Å²) in [6, 6.07) is 7.69. The van der Waals surface area contributed by atoms with Gasteiger partial charge < -0.3 is 9.32 Å². The minimum Gasteiger partial charge on any atom is -0.423 e. The van der Waals surface area contributed by atoms with Gasteiger partial charge in [-0.15, -0.1) is 0 Å². The summed E-state index contributed by atoms with van der Waals surface area (Å²) in [5.74, 6) is -0.513. The van der Waals surface area contributed by atoms with Crippen molar-refractivity contribution >= 4 is 23.0 Å². The van der Waals surface area contributed by atoms with E-state index in [0.717, 1.165) is 11.1 Å². The van der Waals surface area contributed by atoms with Crippen LogP contribution >= 0.6 is 0 Å². The van der Waals surface area contributed by atoms with Crippen LogP contribution in [-0.2, 0) is 13.1 Å². The number of oxazole rings is 1. The van der Waals surface area contributed by atoms with E-state index < -0.39 is 5.91 Å². The lowest BCUT2D eigenvalue weighted by Crippen LogP contribution is -2.21. The molecule has 0 saturated carbocycles. The van der Waals surface area contributed by atoms with E-state index in [1.165, 1.54) is 0 Å². The number of nitrogens with one attached hydrogen (secondary N) is 1. The largest absolute Gasteiger partial charge is 0.423 e. The molecule has 110 valence electrons. The second-order valence-corrected chi connectivity index (χ2v) is 5.08. The number of hydroxylamine groups is 1. The molecule has 3 aromatic rings. The van der Waals surface area contributed by atoms with E-state index in [1.807, 2.05) is 11.0 Å². The van der Waals surface area contributed by atoms with E-state index >= 15 is 0 Å². The van der Waals surface area contributed by atoms with Crippen LogP contribution in [0.25, 0.3) is 11.1 Å². The van der Waals surface area contributed by atoms with Crippen molar-refractivity contribution in [2.24, 2.45) is 0 Å². The van der Waals surface area contributed by atoms with Crippen molar-refractivity contribution in [2.45, 2.75) is 13.1 Å². The fourth-order valence-corrected chi connectivity index (χ4v) is 2.73. The summed E-state index contributed by atoms with van der Waals surface area (Å²) in [5.41, 5.74) is 5.40. The Morgan fingerprint density at radius 2 is 2.23 bits per heavy atom. The molecule has 7 nitrogen and oxygen atoms in total. The number of carbonyl (C=O) groups is 1. The van der Waals surface area contributed by atoms with Gasteiger partial charge in [0, 0.05) is 30.9 Å². The smallest absolute Gasteiger partial charge is 0.299 e. The number of hydrogen-bond acceptors (Lipinski definition) is 6. The monoisotopic (exact) mass is 296 g/mol. The van der Waals surface area contributed by atoms with E-state index in [9.17, 15) is 4.79 Å². The third kappa shape index (κ3) is 1.91. The van der Waals surface area contributed by atoms with Gasteiger partial charge in [0.2, 0.25) is 0 Å². The predicted octanol–water partition coefficient (Wildman–Crippen LogP) is 1.86. The number of amides is 1. The van der Waals surface area contributed by atoms with Gasteiger partial charge in [-0.1, -0.05) is 12.1 Å². The SMILES string of the molecule is O=C(NO)c1cccc2c1CN(c1nc3cnccc3o1)C2. The number of nitrogens with zero attached hydrogens (tertiary/aromatic N) is 3. The highest BCUT2D eigenvalue weighted by molar-refractivity contribution is 5.95. The third-order valence-corrected chi connectivity index (χ3v) is 3.78. The number of pyridine rings is 1. The van der Waals surface area contributed by atoms with Crippen molar-refractivity contribution < 1.29 is 14.4 Å². The Morgan fingerprint density at radius 1 is 1.32 bits per heavy atom. The fourth-order valence-electron chi connectivity index (χ4n) is 2.73. The van der Waals surface area contributed by atoms with Crippen molar-refractivity contribution in [3.63, 3.8) is 0 Å².